The van der Waals surface area contributed by atoms with Crippen molar-refractivity contribution in [1.82, 2.24) is 4.90 Å². The Morgan fingerprint density at radius 2 is 1.80 bits per heavy atom. The molecule has 2 aromatic carbocycles. The Morgan fingerprint density at radius 3 is 2.57 bits per heavy atom. The van der Waals surface area contributed by atoms with E-state index in [1.807, 2.05) is 25.1 Å². The number of nitrogens with one attached hydrogen (secondary N) is 2. The van der Waals surface area contributed by atoms with E-state index < -0.39 is 5.82 Å². The minimum absolute atomic E-state index is 0.0680. The molecule has 0 bridgehead atoms. The van der Waals surface area contributed by atoms with Gasteiger partial charge in [-0.1, -0.05) is 29.8 Å². The number of halogens is 1. The fraction of sp³-hybridized carbons (Fsp3) is 0.391. The number of ether oxygens (including phenoxy) is 1. The number of hydrogen-bond acceptors (Lipinski definition) is 4. The van der Waals surface area contributed by atoms with Crippen LogP contribution in [0.25, 0.3) is 0 Å². The first-order valence-electron chi connectivity index (χ1n) is 10.2. The fourth-order valence-electron chi connectivity index (χ4n) is 3.34. The van der Waals surface area contributed by atoms with Gasteiger partial charge >= 0.3 is 0 Å². The van der Waals surface area contributed by atoms with Gasteiger partial charge in [-0.15, -0.1) is 0 Å². The van der Waals surface area contributed by atoms with Gasteiger partial charge in [-0.05, 0) is 37.1 Å². The highest BCUT2D eigenvalue weighted by molar-refractivity contribution is 5.94. The number of hydrogen-bond donors (Lipinski definition) is 2. The molecule has 0 aliphatic carbocycles. The quantitative estimate of drug-likeness (QED) is 0.696. The predicted octanol–water partition coefficient (Wildman–Crippen LogP) is 3.37. The molecule has 0 spiro atoms. The van der Waals surface area contributed by atoms with Gasteiger partial charge < -0.3 is 15.4 Å². The molecule has 1 heterocycles. The minimum atomic E-state index is -0.535. The van der Waals surface area contributed by atoms with E-state index in [0.29, 0.717) is 38.3 Å². The molecule has 2 N–H and O–H groups in total. The van der Waals surface area contributed by atoms with Crippen molar-refractivity contribution in [2.24, 2.45) is 0 Å². The third-order valence-corrected chi connectivity index (χ3v) is 5.01. The summed E-state index contributed by atoms with van der Waals surface area (Å²) in [6, 6.07) is 12.2. The lowest BCUT2D eigenvalue weighted by atomic mass is 10.1. The first-order chi connectivity index (χ1) is 14.5. The molecule has 0 radical (unpaired) electrons. The Bertz CT molecular complexity index is 882. The normalized spacial score (nSPS) is 14.3. The van der Waals surface area contributed by atoms with Gasteiger partial charge in [0.25, 0.3) is 0 Å². The number of morpholine rings is 1. The largest absolute Gasteiger partial charge is 0.379 e. The molecule has 1 aliphatic heterocycles. The summed E-state index contributed by atoms with van der Waals surface area (Å²) in [5.41, 5.74) is 2.77. The van der Waals surface area contributed by atoms with Gasteiger partial charge in [0.05, 0.1) is 18.9 Å². The highest BCUT2D eigenvalue weighted by atomic mass is 19.1. The molecule has 160 valence electrons. The zero-order valence-corrected chi connectivity index (χ0v) is 17.2. The van der Waals surface area contributed by atoms with Crippen LogP contribution >= 0.6 is 0 Å². The lowest BCUT2D eigenvalue weighted by molar-refractivity contribution is -0.117. The topological polar surface area (TPSA) is 70.7 Å². The minimum Gasteiger partial charge on any atom is -0.379 e. The summed E-state index contributed by atoms with van der Waals surface area (Å²) in [7, 11) is 0. The Morgan fingerprint density at radius 1 is 1.03 bits per heavy atom. The van der Waals surface area contributed by atoms with Crippen molar-refractivity contribution >= 4 is 23.2 Å². The molecule has 2 amide bonds. The van der Waals surface area contributed by atoms with Gasteiger partial charge in [-0.25, -0.2) is 4.39 Å². The summed E-state index contributed by atoms with van der Waals surface area (Å²) >= 11 is 0. The van der Waals surface area contributed by atoms with Crippen LogP contribution in [0.4, 0.5) is 15.8 Å². The molecular weight excluding hydrogens is 385 g/mol. The van der Waals surface area contributed by atoms with Crippen LogP contribution in [0.1, 0.15) is 24.0 Å². The lowest BCUT2D eigenvalue weighted by Gasteiger charge is -2.26. The molecule has 1 saturated heterocycles. The second-order valence-electron chi connectivity index (χ2n) is 7.48. The zero-order chi connectivity index (χ0) is 21.3. The van der Waals surface area contributed by atoms with E-state index in [-0.39, 0.29) is 23.9 Å². The summed E-state index contributed by atoms with van der Waals surface area (Å²) in [5, 5.41) is 5.38. The Balaban J connectivity index is 1.49. The third-order valence-electron chi connectivity index (χ3n) is 5.01. The van der Waals surface area contributed by atoms with E-state index in [0.717, 1.165) is 24.2 Å². The van der Waals surface area contributed by atoms with Crippen molar-refractivity contribution in [3.8, 4) is 0 Å². The molecule has 0 atom stereocenters. The monoisotopic (exact) mass is 413 g/mol. The summed E-state index contributed by atoms with van der Waals surface area (Å²) < 4.78 is 19.4. The Kier molecular flexibility index (Phi) is 7.93. The van der Waals surface area contributed by atoms with Crippen LogP contribution in [0.15, 0.2) is 42.5 Å². The van der Waals surface area contributed by atoms with Crippen LogP contribution in [-0.2, 0) is 20.7 Å². The van der Waals surface area contributed by atoms with E-state index in [2.05, 4.69) is 21.6 Å². The first-order valence-corrected chi connectivity index (χ1v) is 10.2. The highest BCUT2D eigenvalue weighted by Gasteiger charge is 2.14. The summed E-state index contributed by atoms with van der Waals surface area (Å²) in [6.07, 6.45) is 1.22. The fourth-order valence-corrected chi connectivity index (χ4v) is 3.34. The van der Waals surface area contributed by atoms with Gasteiger partial charge in [-0.2, -0.15) is 0 Å². The van der Waals surface area contributed by atoms with E-state index in [9.17, 15) is 14.0 Å². The number of anilines is 2. The molecule has 30 heavy (non-hydrogen) atoms. The van der Waals surface area contributed by atoms with Crippen molar-refractivity contribution in [2.45, 2.75) is 26.2 Å². The molecule has 2 aromatic rings. The maximum atomic E-state index is 14.1. The summed E-state index contributed by atoms with van der Waals surface area (Å²) in [4.78, 5) is 26.6. The maximum absolute atomic E-state index is 14.1. The summed E-state index contributed by atoms with van der Waals surface area (Å²) in [6.45, 7) is 5.55. The lowest BCUT2D eigenvalue weighted by Crippen LogP contribution is -2.38. The Labute approximate surface area is 176 Å². The van der Waals surface area contributed by atoms with E-state index in [1.54, 1.807) is 0 Å². The smallest absolute Gasteiger partial charge is 0.225 e. The molecule has 6 nitrogen and oxygen atoms in total. The van der Waals surface area contributed by atoms with E-state index >= 15 is 0 Å². The van der Waals surface area contributed by atoms with Crippen molar-refractivity contribution in [3.63, 3.8) is 0 Å². The zero-order valence-electron chi connectivity index (χ0n) is 17.2. The van der Waals surface area contributed by atoms with E-state index in [4.69, 9.17) is 4.74 Å². The first kappa shape index (κ1) is 21.9. The summed E-state index contributed by atoms with van der Waals surface area (Å²) in [5.74, 6) is -0.955. The Hall–Kier alpha value is -2.77. The second kappa shape index (κ2) is 10.8. The van der Waals surface area contributed by atoms with Crippen LogP contribution in [0, 0.1) is 12.7 Å². The molecule has 7 heteroatoms. The van der Waals surface area contributed by atoms with Gasteiger partial charge in [0, 0.05) is 38.2 Å². The third kappa shape index (κ3) is 6.93. The number of rotatable bonds is 8. The number of nitrogens with zero attached hydrogens (tertiary/aromatic N) is 1. The van der Waals surface area contributed by atoms with Gasteiger partial charge in [-0.3, -0.25) is 14.5 Å². The number of benzene rings is 2. The maximum Gasteiger partial charge on any atom is 0.225 e. The van der Waals surface area contributed by atoms with Crippen LogP contribution in [-0.4, -0.2) is 49.6 Å². The number of carbonyl (C=O) groups excluding carboxylic acids is 2. The average Bonchev–Trinajstić information content (AvgIpc) is 2.74. The number of amides is 2. The second-order valence-corrected chi connectivity index (χ2v) is 7.48. The van der Waals surface area contributed by atoms with Crippen LogP contribution in [0.2, 0.25) is 0 Å². The van der Waals surface area contributed by atoms with Crippen molar-refractivity contribution in [3.05, 3.63) is 59.4 Å². The number of aryl methyl sites for hydroxylation is 2. The SMILES string of the molecule is Cc1cccc(CCC(=O)Nc2ccc(F)c(NC(=O)CCN3CCOCC3)c2)c1. The molecule has 0 saturated carbocycles. The van der Waals surface area contributed by atoms with Crippen molar-refractivity contribution in [1.29, 1.82) is 0 Å². The molecule has 1 aliphatic rings. The standard InChI is InChI=1S/C23H28FN3O3/c1-17-3-2-4-18(15-17)5-8-22(28)25-19-6-7-20(24)21(16-19)26-23(29)9-10-27-11-13-30-14-12-27/h2-4,6-7,15-16H,5,8-14H2,1H3,(H,25,28)(H,26,29). The predicted molar refractivity (Wildman–Crippen MR) is 115 cm³/mol. The molecule has 1 fully saturated rings. The van der Waals surface area contributed by atoms with Gasteiger partial charge in [0.1, 0.15) is 5.82 Å². The molecule has 0 unspecified atom stereocenters. The molecule has 0 aromatic heterocycles. The van der Waals surface area contributed by atoms with Gasteiger partial charge in [0.2, 0.25) is 11.8 Å². The van der Waals surface area contributed by atoms with Crippen molar-refractivity contribution < 1.29 is 18.7 Å². The van der Waals surface area contributed by atoms with Crippen LogP contribution in [0.3, 0.4) is 0 Å². The molecule has 3 rings (SSSR count). The van der Waals surface area contributed by atoms with Crippen LogP contribution < -0.4 is 10.6 Å². The van der Waals surface area contributed by atoms with Gasteiger partial charge in [0.15, 0.2) is 0 Å². The number of carbonyl (C=O) groups is 2. The highest BCUT2D eigenvalue weighted by Crippen LogP contribution is 2.20. The molecular formula is C23H28FN3O3. The van der Waals surface area contributed by atoms with Crippen LogP contribution in [0.5, 0.6) is 0 Å². The van der Waals surface area contributed by atoms with E-state index in [1.165, 1.54) is 18.2 Å². The average molecular weight is 413 g/mol. The van der Waals surface area contributed by atoms with Crippen molar-refractivity contribution in [2.75, 3.05) is 43.5 Å².